The second-order valence-corrected chi connectivity index (χ2v) is 3.60. The van der Waals surface area contributed by atoms with Gasteiger partial charge in [-0.15, -0.1) is 0 Å². The SMILES string of the molecule is CNCCN(C)C(=O)c1ccccc1[N+](=O)[O-]. The van der Waals surface area contributed by atoms with Crippen molar-refractivity contribution in [1.82, 2.24) is 10.2 Å². The summed E-state index contributed by atoms with van der Waals surface area (Å²) in [5.74, 6) is -0.340. The van der Waals surface area contributed by atoms with Crippen LogP contribution >= 0.6 is 0 Å². The average molecular weight is 237 g/mol. The Morgan fingerprint density at radius 2 is 2.12 bits per heavy atom. The van der Waals surface area contributed by atoms with Crippen LogP contribution in [0.15, 0.2) is 24.3 Å². The molecule has 0 fully saturated rings. The maximum atomic E-state index is 12.0. The van der Waals surface area contributed by atoms with Crippen LogP contribution in [0.25, 0.3) is 0 Å². The largest absolute Gasteiger partial charge is 0.340 e. The predicted octanol–water partition coefficient (Wildman–Crippen LogP) is 0.886. The maximum absolute atomic E-state index is 12.0. The minimum absolute atomic E-state index is 0.121. The number of para-hydroxylation sites is 1. The van der Waals surface area contributed by atoms with Crippen molar-refractivity contribution in [2.45, 2.75) is 0 Å². The number of nitrogens with one attached hydrogen (secondary N) is 1. The quantitative estimate of drug-likeness (QED) is 0.609. The molecule has 0 saturated heterocycles. The van der Waals surface area contributed by atoms with Crippen molar-refractivity contribution in [3.63, 3.8) is 0 Å². The number of hydrogen-bond donors (Lipinski definition) is 1. The molecule has 0 atom stereocenters. The standard InChI is InChI=1S/C11H15N3O3/c1-12-7-8-13(2)11(15)9-5-3-4-6-10(9)14(16)17/h3-6,12H,7-8H2,1-2H3. The van der Waals surface area contributed by atoms with Crippen molar-refractivity contribution in [3.8, 4) is 0 Å². The lowest BCUT2D eigenvalue weighted by Crippen LogP contribution is -2.33. The normalized spacial score (nSPS) is 10.0. The second-order valence-electron chi connectivity index (χ2n) is 3.60. The zero-order valence-corrected chi connectivity index (χ0v) is 9.84. The van der Waals surface area contributed by atoms with Gasteiger partial charge in [0.2, 0.25) is 0 Å². The first kappa shape index (κ1) is 13.1. The van der Waals surface area contributed by atoms with Crippen LogP contribution in [-0.4, -0.2) is 42.9 Å². The third-order valence-electron chi connectivity index (χ3n) is 2.38. The van der Waals surface area contributed by atoms with E-state index in [1.54, 1.807) is 26.2 Å². The van der Waals surface area contributed by atoms with Gasteiger partial charge < -0.3 is 10.2 Å². The Morgan fingerprint density at radius 1 is 1.47 bits per heavy atom. The fraction of sp³-hybridized carbons (Fsp3) is 0.364. The monoisotopic (exact) mass is 237 g/mol. The number of carbonyl (C=O) groups is 1. The number of carbonyl (C=O) groups excluding carboxylic acids is 1. The number of nitro benzene ring substituents is 1. The molecule has 0 spiro atoms. The number of nitrogens with zero attached hydrogens (tertiary/aromatic N) is 2. The molecule has 0 saturated carbocycles. The van der Waals surface area contributed by atoms with Gasteiger partial charge in [0.1, 0.15) is 5.56 Å². The molecule has 1 aromatic carbocycles. The number of likely N-dealkylation sites (N-methyl/N-ethyl adjacent to an activating group) is 2. The molecule has 0 unspecified atom stereocenters. The first-order valence-electron chi connectivity index (χ1n) is 5.21. The summed E-state index contributed by atoms with van der Waals surface area (Å²) in [5, 5.41) is 13.7. The van der Waals surface area contributed by atoms with E-state index in [1.807, 2.05) is 0 Å². The fourth-order valence-corrected chi connectivity index (χ4v) is 1.40. The van der Waals surface area contributed by atoms with Gasteiger partial charge in [-0.2, -0.15) is 0 Å². The first-order chi connectivity index (χ1) is 8.07. The summed E-state index contributed by atoms with van der Waals surface area (Å²) in [5.41, 5.74) is -0.0371. The highest BCUT2D eigenvalue weighted by molar-refractivity contribution is 5.97. The third-order valence-corrected chi connectivity index (χ3v) is 2.38. The highest BCUT2D eigenvalue weighted by Gasteiger charge is 2.21. The van der Waals surface area contributed by atoms with Crippen LogP contribution in [0.1, 0.15) is 10.4 Å². The molecule has 6 heteroatoms. The number of nitro groups is 1. The lowest BCUT2D eigenvalue weighted by molar-refractivity contribution is -0.385. The van der Waals surface area contributed by atoms with Crippen LogP contribution in [0.5, 0.6) is 0 Å². The summed E-state index contributed by atoms with van der Waals surface area (Å²) < 4.78 is 0. The van der Waals surface area contributed by atoms with Crippen molar-refractivity contribution in [2.75, 3.05) is 27.2 Å². The van der Waals surface area contributed by atoms with Gasteiger partial charge in [0.25, 0.3) is 11.6 Å². The average Bonchev–Trinajstić information content (AvgIpc) is 2.34. The number of benzene rings is 1. The Labute approximate surface area is 99.4 Å². The van der Waals surface area contributed by atoms with Crippen LogP contribution in [0.3, 0.4) is 0 Å². The Bertz CT molecular complexity index is 420. The van der Waals surface area contributed by atoms with Crippen molar-refractivity contribution < 1.29 is 9.72 Å². The third kappa shape index (κ3) is 3.25. The Kier molecular flexibility index (Phi) is 4.59. The highest BCUT2D eigenvalue weighted by atomic mass is 16.6. The summed E-state index contributed by atoms with van der Waals surface area (Å²) in [6, 6.07) is 5.96. The van der Waals surface area contributed by atoms with Crippen LogP contribution in [-0.2, 0) is 0 Å². The van der Waals surface area contributed by atoms with Crippen molar-refractivity contribution in [1.29, 1.82) is 0 Å². The summed E-state index contributed by atoms with van der Waals surface area (Å²) in [6.45, 7) is 1.14. The van der Waals surface area contributed by atoms with E-state index in [1.165, 1.54) is 17.0 Å². The minimum Gasteiger partial charge on any atom is -0.340 e. The first-order valence-corrected chi connectivity index (χ1v) is 5.21. The Morgan fingerprint density at radius 3 is 2.71 bits per heavy atom. The van der Waals surface area contributed by atoms with Crippen molar-refractivity contribution in [3.05, 3.63) is 39.9 Å². The van der Waals surface area contributed by atoms with E-state index in [0.717, 1.165) is 0 Å². The highest BCUT2D eigenvalue weighted by Crippen LogP contribution is 2.18. The molecule has 1 rings (SSSR count). The van der Waals surface area contributed by atoms with Crippen LogP contribution in [0, 0.1) is 10.1 Å². The Balaban J connectivity index is 2.92. The molecule has 1 aromatic rings. The maximum Gasteiger partial charge on any atom is 0.282 e. The molecule has 0 radical (unpaired) electrons. The van der Waals surface area contributed by atoms with Crippen LogP contribution < -0.4 is 5.32 Å². The predicted molar refractivity (Wildman–Crippen MR) is 64.0 cm³/mol. The number of hydrogen-bond acceptors (Lipinski definition) is 4. The molecule has 92 valence electrons. The van der Waals surface area contributed by atoms with Gasteiger partial charge in [-0.25, -0.2) is 0 Å². The molecular formula is C11H15N3O3. The zero-order valence-electron chi connectivity index (χ0n) is 9.84. The molecule has 0 aliphatic carbocycles. The van der Waals surface area contributed by atoms with Gasteiger partial charge in [0, 0.05) is 26.2 Å². The second kappa shape index (κ2) is 5.95. The number of amides is 1. The summed E-state index contributed by atoms with van der Waals surface area (Å²) in [7, 11) is 3.40. The van der Waals surface area contributed by atoms with Crippen molar-refractivity contribution >= 4 is 11.6 Å². The number of rotatable bonds is 5. The minimum atomic E-state index is -0.543. The molecule has 0 aromatic heterocycles. The lowest BCUT2D eigenvalue weighted by atomic mass is 10.1. The van der Waals surface area contributed by atoms with Gasteiger partial charge >= 0.3 is 0 Å². The molecule has 0 heterocycles. The summed E-state index contributed by atoms with van der Waals surface area (Å²) in [4.78, 5) is 23.7. The topological polar surface area (TPSA) is 75.5 Å². The molecule has 0 aliphatic heterocycles. The fourth-order valence-electron chi connectivity index (χ4n) is 1.40. The molecule has 1 N–H and O–H groups in total. The summed E-state index contributed by atoms with van der Waals surface area (Å²) in [6.07, 6.45) is 0. The van der Waals surface area contributed by atoms with Crippen LogP contribution in [0.2, 0.25) is 0 Å². The molecule has 6 nitrogen and oxygen atoms in total. The van der Waals surface area contributed by atoms with E-state index < -0.39 is 4.92 Å². The van der Waals surface area contributed by atoms with E-state index in [0.29, 0.717) is 13.1 Å². The van der Waals surface area contributed by atoms with E-state index in [-0.39, 0.29) is 17.2 Å². The van der Waals surface area contributed by atoms with Crippen LogP contribution in [0.4, 0.5) is 5.69 Å². The van der Waals surface area contributed by atoms with Gasteiger partial charge in [0.15, 0.2) is 0 Å². The summed E-state index contributed by atoms with van der Waals surface area (Å²) >= 11 is 0. The molecule has 1 amide bonds. The van der Waals surface area contributed by atoms with Gasteiger partial charge in [-0.1, -0.05) is 12.1 Å². The molecule has 17 heavy (non-hydrogen) atoms. The van der Waals surface area contributed by atoms with Gasteiger partial charge in [0.05, 0.1) is 4.92 Å². The van der Waals surface area contributed by atoms with Crippen molar-refractivity contribution in [2.24, 2.45) is 0 Å². The van der Waals surface area contributed by atoms with E-state index in [9.17, 15) is 14.9 Å². The zero-order chi connectivity index (χ0) is 12.8. The molecule has 0 aliphatic rings. The lowest BCUT2D eigenvalue weighted by Gasteiger charge is -2.16. The van der Waals surface area contributed by atoms with E-state index in [4.69, 9.17) is 0 Å². The molecular weight excluding hydrogens is 222 g/mol. The Hall–Kier alpha value is -1.95. The smallest absolute Gasteiger partial charge is 0.282 e. The van der Waals surface area contributed by atoms with Gasteiger partial charge in [-0.05, 0) is 13.1 Å². The van der Waals surface area contributed by atoms with Gasteiger partial charge in [-0.3, -0.25) is 14.9 Å². The van der Waals surface area contributed by atoms with E-state index >= 15 is 0 Å². The molecule has 0 bridgehead atoms. The van der Waals surface area contributed by atoms with E-state index in [2.05, 4.69) is 5.32 Å².